The van der Waals surface area contributed by atoms with E-state index in [4.69, 9.17) is 15.2 Å². The maximum atomic E-state index is 11.6. The molecule has 0 radical (unpaired) electrons. The Balaban J connectivity index is 2.19. The molecular weight excluding hydrogens is 244 g/mol. The first kappa shape index (κ1) is 13.7. The zero-order chi connectivity index (χ0) is 13.9. The lowest BCUT2D eigenvalue weighted by atomic mass is 9.92. The number of rotatable bonds is 3. The number of carbonyl (C=O) groups is 1. The standard InChI is InChI=1S/C14H20N2O3/c1-14(5-7-19-8-6-14)16-10-3-4-12(15)11(9-10)13(17)18-2/h3-4,9,16H,5-8,15H2,1-2H3. The third kappa shape index (κ3) is 3.17. The monoisotopic (exact) mass is 264 g/mol. The average molecular weight is 264 g/mol. The fraction of sp³-hybridized carbons (Fsp3) is 0.500. The highest BCUT2D eigenvalue weighted by Gasteiger charge is 2.27. The first-order valence-electron chi connectivity index (χ1n) is 6.38. The summed E-state index contributed by atoms with van der Waals surface area (Å²) in [6, 6.07) is 5.33. The van der Waals surface area contributed by atoms with E-state index >= 15 is 0 Å². The molecule has 1 fully saturated rings. The van der Waals surface area contributed by atoms with Gasteiger partial charge in [-0.2, -0.15) is 0 Å². The van der Waals surface area contributed by atoms with Crippen molar-refractivity contribution >= 4 is 17.3 Å². The first-order chi connectivity index (χ1) is 9.04. The Bertz CT molecular complexity index is 468. The lowest BCUT2D eigenvalue weighted by molar-refractivity contribution is 0.0601. The molecule has 0 amide bonds. The van der Waals surface area contributed by atoms with Gasteiger partial charge in [-0.1, -0.05) is 0 Å². The van der Waals surface area contributed by atoms with E-state index in [0.717, 1.165) is 31.7 Å². The number of nitrogens with two attached hydrogens (primary N) is 1. The number of nitrogens with one attached hydrogen (secondary N) is 1. The molecule has 2 rings (SSSR count). The van der Waals surface area contributed by atoms with Crippen LogP contribution in [0, 0.1) is 0 Å². The van der Waals surface area contributed by atoms with E-state index in [9.17, 15) is 4.79 Å². The Hall–Kier alpha value is -1.75. The first-order valence-corrected chi connectivity index (χ1v) is 6.38. The molecule has 0 bridgehead atoms. The van der Waals surface area contributed by atoms with E-state index in [1.807, 2.05) is 6.07 Å². The maximum absolute atomic E-state index is 11.6. The highest BCUT2D eigenvalue weighted by atomic mass is 16.5. The van der Waals surface area contributed by atoms with Crippen LogP contribution in [0.1, 0.15) is 30.1 Å². The third-order valence-electron chi connectivity index (χ3n) is 3.50. The lowest BCUT2D eigenvalue weighted by Crippen LogP contribution is -2.40. The molecule has 0 spiro atoms. The summed E-state index contributed by atoms with van der Waals surface area (Å²) in [5.74, 6) is -0.418. The van der Waals surface area contributed by atoms with Gasteiger partial charge in [-0.25, -0.2) is 4.79 Å². The molecule has 1 saturated heterocycles. The predicted octanol–water partition coefficient (Wildman–Crippen LogP) is 2.04. The van der Waals surface area contributed by atoms with Crippen LogP contribution in [0.15, 0.2) is 18.2 Å². The largest absolute Gasteiger partial charge is 0.465 e. The predicted molar refractivity (Wildman–Crippen MR) is 74.3 cm³/mol. The quantitative estimate of drug-likeness (QED) is 0.645. The van der Waals surface area contributed by atoms with E-state index in [-0.39, 0.29) is 5.54 Å². The van der Waals surface area contributed by atoms with E-state index in [0.29, 0.717) is 11.3 Å². The molecule has 5 heteroatoms. The van der Waals surface area contributed by atoms with Gasteiger partial charge in [0.05, 0.1) is 12.7 Å². The van der Waals surface area contributed by atoms with Gasteiger partial charge in [0.1, 0.15) is 0 Å². The SMILES string of the molecule is COC(=O)c1cc(NC2(C)CCOCC2)ccc1N. The summed E-state index contributed by atoms with van der Waals surface area (Å²) in [5.41, 5.74) is 7.46. The van der Waals surface area contributed by atoms with Crippen LogP contribution < -0.4 is 11.1 Å². The molecule has 1 aliphatic rings. The van der Waals surface area contributed by atoms with Crippen molar-refractivity contribution in [2.75, 3.05) is 31.4 Å². The van der Waals surface area contributed by atoms with Crippen LogP contribution in [0.2, 0.25) is 0 Å². The van der Waals surface area contributed by atoms with Crippen LogP contribution in [-0.2, 0) is 9.47 Å². The van der Waals surface area contributed by atoms with E-state index in [1.165, 1.54) is 7.11 Å². The Morgan fingerprint density at radius 1 is 1.42 bits per heavy atom. The summed E-state index contributed by atoms with van der Waals surface area (Å²) in [6.45, 7) is 3.66. The van der Waals surface area contributed by atoms with E-state index in [2.05, 4.69) is 12.2 Å². The molecule has 0 aliphatic carbocycles. The van der Waals surface area contributed by atoms with Crippen LogP contribution in [0.4, 0.5) is 11.4 Å². The molecule has 19 heavy (non-hydrogen) atoms. The second-order valence-corrected chi connectivity index (χ2v) is 5.09. The number of ether oxygens (including phenoxy) is 2. The van der Waals surface area contributed by atoms with Crippen LogP contribution in [0.3, 0.4) is 0 Å². The fourth-order valence-corrected chi connectivity index (χ4v) is 2.22. The number of hydrogen-bond acceptors (Lipinski definition) is 5. The molecule has 0 unspecified atom stereocenters. The maximum Gasteiger partial charge on any atom is 0.340 e. The van der Waals surface area contributed by atoms with Crippen LogP contribution >= 0.6 is 0 Å². The van der Waals surface area contributed by atoms with Crippen molar-refractivity contribution in [2.24, 2.45) is 0 Å². The summed E-state index contributed by atoms with van der Waals surface area (Å²) in [5, 5.41) is 3.46. The summed E-state index contributed by atoms with van der Waals surface area (Å²) in [6.07, 6.45) is 1.87. The van der Waals surface area contributed by atoms with Crippen molar-refractivity contribution in [3.05, 3.63) is 23.8 Å². The number of carbonyl (C=O) groups excluding carboxylic acids is 1. The highest BCUT2D eigenvalue weighted by Crippen LogP contribution is 2.27. The van der Waals surface area contributed by atoms with Gasteiger partial charge in [0.15, 0.2) is 0 Å². The average Bonchev–Trinajstić information content (AvgIpc) is 2.40. The number of esters is 1. The zero-order valence-electron chi connectivity index (χ0n) is 11.4. The van der Waals surface area contributed by atoms with Gasteiger partial charge in [-0.05, 0) is 38.0 Å². The highest BCUT2D eigenvalue weighted by molar-refractivity contribution is 5.96. The normalized spacial score (nSPS) is 17.8. The van der Waals surface area contributed by atoms with Crippen molar-refractivity contribution in [3.63, 3.8) is 0 Å². The second kappa shape index (κ2) is 5.48. The van der Waals surface area contributed by atoms with Crippen LogP contribution in [0.25, 0.3) is 0 Å². The molecule has 1 aromatic carbocycles. The molecule has 0 saturated carbocycles. The summed E-state index contributed by atoms with van der Waals surface area (Å²) in [4.78, 5) is 11.6. The fourth-order valence-electron chi connectivity index (χ4n) is 2.22. The summed E-state index contributed by atoms with van der Waals surface area (Å²) < 4.78 is 10.1. The second-order valence-electron chi connectivity index (χ2n) is 5.09. The molecule has 1 aliphatic heterocycles. The lowest BCUT2D eigenvalue weighted by Gasteiger charge is -2.35. The molecular formula is C14H20N2O3. The van der Waals surface area contributed by atoms with E-state index < -0.39 is 5.97 Å². The molecule has 1 aromatic rings. The molecule has 1 heterocycles. The summed E-state index contributed by atoms with van der Waals surface area (Å²) >= 11 is 0. The Morgan fingerprint density at radius 3 is 2.74 bits per heavy atom. The van der Waals surface area contributed by atoms with Crippen molar-refractivity contribution in [3.8, 4) is 0 Å². The minimum atomic E-state index is -0.418. The van der Waals surface area contributed by atoms with Gasteiger partial charge in [-0.3, -0.25) is 0 Å². The van der Waals surface area contributed by atoms with Crippen LogP contribution in [-0.4, -0.2) is 31.8 Å². The third-order valence-corrected chi connectivity index (χ3v) is 3.50. The van der Waals surface area contributed by atoms with Crippen molar-refractivity contribution in [1.82, 2.24) is 0 Å². The molecule has 104 valence electrons. The minimum Gasteiger partial charge on any atom is -0.465 e. The van der Waals surface area contributed by atoms with Gasteiger partial charge in [0.25, 0.3) is 0 Å². The Labute approximate surface area is 113 Å². The molecule has 3 N–H and O–H groups in total. The number of hydrogen-bond donors (Lipinski definition) is 2. The smallest absolute Gasteiger partial charge is 0.340 e. The summed E-state index contributed by atoms with van der Waals surface area (Å²) in [7, 11) is 1.35. The van der Waals surface area contributed by atoms with Crippen molar-refractivity contribution in [2.45, 2.75) is 25.3 Å². The Kier molecular flexibility index (Phi) is 3.95. The number of benzene rings is 1. The van der Waals surface area contributed by atoms with Gasteiger partial charge in [-0.15, -0.1) is 0 Å². The number of anilines is 2. The van der Waals surface area contributed by atoms with E-state index in [1.54, 1.807) is 12.1 Å². The van der Waals surface area contributed by atoms with Crippen molar-refractivity contribution in [1.29, 1.82) is 0 Å². The van der Waals surface area contributed by atoms with Gasteiger partial charge < -0.3 is 20.5 Å². The topological polar surface area (TPSA) is 73.6 Å². The molecule has 0 atom stereocenters. The molecule has 0 aromatic heterocycles. The minimum absolute atomic E-state index is 0.0121. The van der Waals surface area contributed by atoms with Crippen molar-refractivity contribution < 1.29 is 14.3 Å². The number of methoxy groups -OCH3 is 1. The van der Waals surface area contributed by atoms with Gasteiger partial charge in [0, 0.05) is 30.1 Å². The molecule has 5 nitrogen and oxygen atoms in total. The van der Waals surface area contributed by atoms with Gasteiger partial charge >= 0.3 is 5.97 Å². The number of nitrogen functional groups attached to an aromatic ring is 1. The van der Waals surface area contributed by atoms with Gasteiger partial charge in [0.2, 0.25) is 0 Å². The zero-order valence-corrected chi connectivity index (χ0v) is 11.4. The van der Waals surface area contributed by atoms with Crippen LogP contribution in [0.5, 0.6) is 0 Å². The Morgan fingerprint density at radius 2 is 2.11 bits per heavy atom.